The summed E-state index contributed by atoms with van der Waals surface area (Å²) in [5.41, 5.74) is 1.91. The predicted octanol–water partition coefficient (Wildman–Crippen LogP) is 3.78. The Kier molecular flexibility index (Phi) is 11.3. The van der Waals surface area contributed by atoms with E-state index in [0.29, 0.717) is 12.0 Å². The van der Waals surface area contributed by atoms with Crippen molar-refractivity contribution in [2.45, 2.75) is 50.6 Å². The number of ether oxygens (including phenoxy) is 1. The fourth-order valence-electron chi connectivity index (χ4n) is 5.01. The standard InChI is InChI=1S/C23H35N3O2S.2ClH/c1-28-22-3-2-18(15-19(22)14-17-4-9-24-16-17)23(27)25-20-5-10-26(11-6-20)21-7-12-29-13-8-21;;/h2-3,15,17,20-21,24H,4-14,16H2,1H3,(H,25,27);2*1H. The number of amides is 1. The number of rotatable bonds is 6. The summed E-state index contributed by atoms with van der Waals surface area (Å²) in [5.74, 6) is 4.19. The van der Waals surface area contributed by atoms with Gasteiger partial charge in [0.1, 0.15) is 5.75 Å². The van der Waals surface area contributed by atoms with E-state index in [0.717, 1.165) is 68.4 Å². The van der Waals surface area contributed by atoms with Crippen LogP contribution in [0.15, 0.2) is 18.2 Å². The van der Waals surface area contributed by atoms with Gasteiger partial charge in [-0.15, -0.1) is 24.8 Å². The summed E-state index contributed by atoms with van der Waals surface area (Å²) >= 11 is 2.09. The molecule has 0 aromatic heterocycles. The second kappa shape index (κ2) is 13.1. The van der Waals surface area contributed by atoms with Crippen LogP contribution in [0.3, 0.4) is 0 Å². The second-order valence-corrected chi connectivity index (χ2v) is 9.94. The van der Waals surface area contributed by atoms with Crippen LogP contribution in [0.5, 0.6) is 5.75 Å². The van der Waals surface area contributed by atoms with Gasteiger partial charge in [-0.3, -0.25) is 4.79 Å². The molecule has 3 saturated heterocycles. The highest BCUT2D eigenvalue weighted by Crippen LogP contribution is 2.26. The minimum atomic E-state index is 0. The van der Waals surface area contributed by atoms with Gasteiger partial charge < -0.3 is 20.3 Å². The quantitative estimate of drug-likeness (QED) is 0.636. The molecule has 0 aliphatic carbocycles. The molecular formula is C23H37Cl2N3O2S. The molecule has 0 saturated carbocycles. The highest BCUT2D eigenvalue weighted by atomic mass is 35.5. The number of hydrogen-bond acceptors (Lipinski definition) is 5. The average Bonchev–Trinajstić information content (AvgIpc) is 3.28. The van der Waals surface area contributed by atoms with Gasteiger partial charge in [0.25, 0.3) is 5.91 Å². The molecule has 0 bridgehead atoms. The number of methoxy groups -OCH3 is 1. The number of benzene rings is 1. The number of halogens is 2. The normalized spacial score (nSPS) is 22.9. The van der Waals surface area contributed by atoms with E-state index in [1.54, 1.807) is 7.11 Å². The first-order valence-electron chi connectivity index (χ1n) is 11.2. The van der Waals surface area contributed by atoms with Gasteiger partial charge in [-0.05, 0) is 92.8 Å². The SMILES string of the molecule is COc1ccc(C(=O)NC2CCN(C3CCSCC3)CC2)cc1CC1CCNC1.Cl.Cl. The number of carbonyl (C=O) groups excluding carboxylic acids is 1. The Morgan fingerprint density at radius 3 is 2.55 bits per heavy atom. The molecule has 1 amide bonds. The van der Waals surface area contributed by atoms with Gasteiger partial charge in [-0.25, -0.2) is 0 Å². The molecule has 1 aromatic rings. The lowest BCUT2D eigenvalue weighted by Gasteiger charge is -2.39. The summed E-state index contributed by atoms with van der Waals surface area (Å²) in [5, 5.41) is 6.72. The lowest BCUT2D eigenvalue weighted by Crippen LogP contribution is -2.48. The summed E-state index contributed by atoms with van der Waals surface area (Å²) < 4.78 is 5.55. The van der Waals surface area contributed by atoms with Gasteiger partial charge in [0.2, 0.25) is 0 Å². The molecule has 176 valence electrons. The number of piperidine rings is 1. The van der Waals surface area contributed by atoms with E-state index in [1.165, 1.54) is 30.8 Å². The fraction of sp³-hybridized carbons (Fsp3) is 0.696. The van der Waals surface area contributed by atoms with Crippen LogP contribution >= 0.6 is 36.6 Å². The number of likely N-dealkylation sites (tertiary alicyclic amines) is 1. The number of nitrogens with zero attached hydrogens (tertiary/aromatic N) is 1. The summed E-state index contributed by atoms with van der Waals surface area (Å²) in [6.07, 6.45) is 6.94. The van der Waals surface area contributed by atoms with Gasteiger partial charge in [0.15, 0.2) is 0 Å². The highest BCUT2D eigenvalue weighted by Gasteiger charge is 2.27. The molecule has 31 heavy (non-hydrogen) atoms. The Bertz CT molecular complexity index is 689. The first-order chi connectivity index (χ1) is 14.2. The van der Waals surface area contributed by atoms with Gasteiger partial charge in [-0.2, -0.15) is 11.8 Å². The number of carbonyl (C=O) groups is 1. The maximum absolute atomic E-state index is 12.9. The van der Waals surface area contributed by atoms with Gasteiger partial charge in [0.05, 0.1) is 7.11 Å². The summed E-state index contributed by atoms with van der Waals surface area (Å²) in [6, 6.07) is 6.96. The third-order valence-electron chi connectivity index (χ3n) is 6.79. The molecule has 5 nitrogen and oxygen atoms in total. The van der Waals surface area contributed by atoms with E-state index >= 15 is 0 Å². The van der Waals surface area contributed by atoms with Gasteiger partial charge >= 0.3 is 0 Å². The van der Waals surface area contributed by atoms with Gasteiger partial charge in [0, 0.05) is 30.7 Å². The number of hydrogen-bond donors (Lipinski definition) is 2. The zero-order valence-corrected chi connectivity index (χ0v) is 20.9. The minimum Gasteiger partial charge on any atom is -0.496 e. The molecule has 3 aliphatic heterocycles. The van der Waals surface area contributed by atoms with E-state index in [1.807, 2.05) is 18.2 Å². The molecule has 3 fully saturated rings. The fourth-order valence-corrected chi connectivity index (χ4v) is 6.09. The minimum absolute atomic E-state index is 0. The van der Waals surface area contributed by atoms with E-state index in [-0.39, 0.29) is 30.7 Å². The van der Waals surface area contributed by atoms with Crippen molar-refractivity contribution in [1.29, 1.82) is 0 Å². The van der Waals surface area contributed by atoms with Crippen LogP contribution in [0.25, 0.3) is 0 Å². The van der Waals surface area contributed by atoms with Crippen molar-refractivity contribution >= 4 is 42.5 Å². The summed E-state index contributed by atoms with van der Waals surface area (Å²) in [4.78, 5) is 15.6. The van der Waals surface area contributed by atoms with E-state index < -0.39 is 0 Å². The van der Waals surface area contributed by atoms with E-state index in [4.69, 9.17) is 4.74 Å². The largest absolute Gasteiger partial charge is 0.496 e. The lowest BCUT2D eigenvalue weighted by molar-refractivity contribution is 0.0886. The highest BCUT2D eigenvalue weighted by molar-refractivity contribution is 7.99. The van der Waals surface area contributed by atoms with Crippen molar-refractivity contribution in [2.75, 3.05) is 44.8 Å². The Hall–Kier alpha value is -0.660. The zero-order valence-electron chi connectivity index (χ0n) is 18.4. The number of thioether (sulfide) groups is 1. The Labute approximate surface area is 203 Å². The van der Waals surface area contributed by atoms with Crippen molar-refractivity contribution in [1.82, 2.24) is 15.5 Å². The van der Waals surface area contributed by atoms with Crippen LogP contribution in [0, 0.1) is 5.92 Å². The van der Waals surface area contributed by atoms with Crippen molar-refractivity contribution in [2.24, 2.45) is 5.92 Å². The van der Waals surface area contributed by atoms with Crippen LogP contribution < -0.4 is 15.4 Å². The molecular weight excluding hydrogens is 453 g/mol. The van der Waals surface area contributed by atoms with Crippen molar-refractivity contribution in [3.05, 3.63) is 29.3 Å². The molecule has 0 spiro atoms. The third-order valence-corrected chi connectivity index (χ3v) is 7.83. The van der Waals surface area contributed by atoms with Crippen LogP contribution in [-0.4, -0.2) is 67.7 Å². The molecule has 3 heterocycles. The molecule has 1 unspecified atom stereocenters. The van der Waals surface area contributed by atoms with Crippen LogP contribution in [0.2, 0.25) is 0 Å². The monoisotopic (exact) mass is 489 g/mol. The Balaban J connectivity index is 0.00000171. The zero-order chi connectivity index (χ0) is 20.1. The molecule has 3 aliphatic rings. The van der Waals surface area contributed by atoms with E-state index in [2.05, 4.69) is 27.3 Å². The molecule has 8 heteroatoms. The smallest absolute Gasteiger partial charge is 0.251 e. The van der Waals surface area contributed by atoms with Gasteiger partial charge in [-0.1, -0.05) is 0 Å². The summed E-state index contributed by atoms with van der Waals surface area (Å²) in [7, 11) is 1.71. The molecule has 2 N–H and O–H groups in total. The summed E-state index contributed by atoms with van der Waals surface area (Å²) in [6.45, 7) is 4.37. The Morgan fingerprint density at radius 1 is 1.16 bits per heavy atom. The molecule has 1 aromatic carbocycles. The maximum Gasteiger partial charge on any atom is 0.251 e. The van der Waals surface area contributed by atoms with Crippen LogP contribution in [-0.2, 0) is 6.42 Å². The maximum atomic E-state index is 12.9. The van der Waals surface area contributed by atoms with E-state index in [9.17, 15) is 4.79 Å². The molecule has 4 rings (SSSR count). The first kappa shape index (κ1) is 26.6. The molecule has 1 atom stereocenters. The van der Waals surface area contributed by atoms with Crippen molar-refractivity contribution in [3.63, 3.8) is 0 Å². The van der Waals surface area contributed by atoms with Crippen molar-refractivity contribution in [3.8, 4) is 5.75 Å². The average molecular weight is 491 g/mol. The van der Waals surface area contributed by atoms with Crippen molar-refractivity contribution < 1.29 is 9.53 Å². The number of nitrogens with one attached hydrogen (secondary N) is 2. The first-order valence-corrected chi connectivity index (χ1v) is 12.4. The topological polar surface area (TPSA) is 53.6 Å². The second-order valence-electron chi connectivity index (χ2n) is 8.72. The van der Waals surface area contributed by atoms with Crippen LogP contribution in [0.1, 0.15) is 48.0 Å². The Morgan fingerprint density at radius 2 is 1.90 bits per heavy atom. The van der Waals surface area contributed by atoms with Crippen LogP contribution in [0.4, 0.5) is 0 Å². The molecule has 0 radical (unpaired) electrons. The third kappa shape index (κ3) is 7.16. The predicted molar refractivity (Wildman–Crippen MR) is 135 cm³/mol. The lowest BCUT2D eigenvalue weighted by atomic mass is 9.96.